The van der Waals surface area contributed by atoms with Crippen LogP contribution in [0.15, 0.2) is 43.0 Å². The van der Waals surface area contributed by atoms with Crippen LogP contribution in [-0.2, 0) is 6.42 Å². The van der Waals surface area contributed by atoms with Crippen LogP contribution in [0.5, 0.6) is 17.2 Å². The maximum atomic E-state index is 12.6. The maximum Gasteiger partial charge on any atom is 0.255 e. The van der Waals surface area contributed by atoms with Crippen LogP contribution in [0.4, 0.5) is 5.69 Å². The molecule has 1 amide bonds. The molecule has 2 aromatic carbocycles. The van der Waals surface area contributed by atoms with E-state index in [2.05, 4.69) is 11.9 Å². The highest BCUT2D eigenvalue weighted by Gasteiger charge is 2.16. The first-order chi connectivity index (χ1) is 12.0. The fourth-order valence-corrected chi connectivity index (χ4v) is 2.69. The molecule has 132 valence electrons. The summed E-state index contributed by atoms with van der Waals surface area (Å²) in [6.07, 6.45) is 2.29. The average molecular weight is 362 g/mol. The van der Waals surface area contributed by atoms with Crippen molar-refractivity contribution in [3.05, 3.63) is 59.1 Å². The minimum atomic E-state index is -0.285. The molecule has 0 saturated carbocycles. The number of benzene rings is 2. The zero-order valence-corrected chi connectivity index (χ0v) is 15.1. The van der Waals surface area contributed by atoms with Gasteiger partial charge in [-0.1, -0.05) is 17.7 Å². The van der Waals surface area contributed by atoms with E-state index in [0.29, 0.717) is 39.9 Å². The largest absolute Gasteiger partial charge is 0.495 e. The van der Waals surface area contributed by atoms with Gasteiger partial charge < -0.3 is 19.5 Å². The van der Waals surface area contributed by atoms with Gasteiger partial charge in [-0.05, 0) is 36.8 Å². The van der Waals surface area contributed by atoms with Gasteiger partial charge in [0.05, 0.1) is 26.4 Å². The second kappa shape index (κ2) is 8.44. The Morgan fingerprint density at radius 3 is 2.40 bits per heavy atom. The third-order valence-corrected chi connectivity index (χ3v) is 3.89. The van der Waals surface area contributed by atoms with Crippen molar-refractivity contribution < 1.29 is 19.0 Å². The molecule has 25 heavy (non-hydrogen) atoms. The first-order valence-corrected chi connectivity index (χ1v) is 7.92. The van der Waals surface area contributed by atoms with E-state index in [1.807, 2.05) is 0 Å². The van der Waals surface area contributed by atoms with Gasteiger partial charge in [0.1, 0.15) is 5.75 Å². The summed E-state index contributed by atoms with van der Waals surface area (Å²) < 4.78 is 15.8. The molecule has 0 heterocycles. The lowest BCUT2D eigenvalue weighted by Gasteiger charge is -2.14. The van der Waals surface area contributed by atoms with Crippen LogP contribution in [0.3, 0.4) is 0 Å². The van der Waals surface area contributed by atoms with E-state index in [-0.39, 0.29) is 5.91 Å². The van der Waals surface area contributed by atoms with Crippen molar-refractivity contribution in [3.8, 4) is 17.2 Å². The van der Waals surface area contributed by atoms with E-state index in [9.17, 15) is 4.79 Å². The Hall–Kier alpha value is -2.66. The van der Waals surface area contributed by atoms with Crippen molar-refractivity contribution in [2.45, 2.75) is 6.42 Å². The molecular formula is C19H20ClNO4. The summed E-state index contributed by atoms with van der Waals surface area (Å²) in [4.78, 5) is 12.6. The first kappa shape index (κ1) is 18.7. The highest BCUT2D eigenvalue weighted by molar-refractivity contribution is 6.32. The number of ether oxygens (including phenoxy) is 3. The Labute approximate surface area is 152 Å². The smallest absolute Gasteiger partial charge is 0.255 e. The predicted molar refractivity (Wildman–Crippen MR) is 99.4 cm³/mol. The number of hydrogen-bond acceptors (Lipinski definition) is 4. The van der Waals surface area contributed by atoms with E-state index in [0.717, 1.165) is 5.56 Å². The van der Waals surface area contributed by atoms with E-state index in [1.54, 1.807) is 43.5 Å². The number of hydrogen-bond donors (Lipinski definition) is 1. The van der Waals surface area contributed by atoms with E-state index < -0.39 is 0 Å². The summed E-state index contributed by atoms with van der Waals surface area (Å²) in [5.41, 5.74) is 1.83. The molecule has 0 unspecified atom stereocenters. The molecular weight excluding hydrogens is 342 g/mol. The van der Waals surface area contributed by atoms with Crippen LogP contribution in [0.25, 0.3) is 0 Å². The van der Waals surface area contributed by atoms with Gasteiger partial charge in [-0.25, -0.2) is 0 Å². The zero-order valence-electron chi connectivity index (χ0n) is 14.4. The van der Waals surface area contributed by atoms with E-state index >= 15 is 0 Å². The van der Waals surface area contributed by atoms with Crippen LogP contribution < -0.4 is 19.5 Å². The average Bonchev–Trinajstić information content (AvgIpc) is 2.61. The summed E-state index contributed by atoms with van der Waals surface area (Å²) in [5, 5.41) is 3.22. The molecule has 0 aliphatic heterocycles. The van der Waals surface area contributed by atoms with Gasteiger partial charge in [-0.15, -0.1) is 6.58 Å². The lowest BCUT2D eigenvalue weighted by molar-refractivity contribution is 0.102. The van der Waals surface area contributed by atoms with Crippen molar-refractivity contribution in [2.24, 2.45) is 0 Å². The van der Waals surface area contributed by atoms with Gasteiger partial charge in [0.25, 0.3) is 5.91 Å². The van der Waals surface area contributed by atoms with Crippen LogP contribution >= 0.6 is 11.6 Å². The Morgan fingerprint density at radius 1 is 1.12 bits per heavy atom. The van der Waals surface area contributed by atoms with E-state index in [4.69, 9.17) is 25.8 Å². The van der Waals surface area contributed by atoms with Crippen LogP contribution in [0, 0.1) is 0 Å². The Morgan fingerprint density at radius 2 is 1.84 bits per heavy atom. The normalized spacial score (nSPS) is 10.1. The highest BCUT2D eigenvalue weighted by atomic mass is 35.5. The molecule has 2 rings (SSSR count). The molecule has 0 fully saturated rings. The fraction of sp³-hybridized carbons (Fsp3) is 0.211. The molecule has 0 atom stereocenters. The number of nitrogens with one attached hydrogen (secondary N) is 1. The molecule has 0 aromatic heterocycles. The van der Waals surface area contributed by atoms with Gasteiger partial charge in [0, 0.05) is 16.8 Å². The third-order valence-electron chi connectivity index (χ3n) is 3.59. The summed E-state index contributed by atoms with van der Waals surface area (Å²) in [5.74, 6) is 1.33. The number of halogens is 1. The quantitative estimate of drug-likeness (QED) is 0.745. The van der Waals surface area contributed by atoms with Crippen molar-refractivity contribution in [1.82, 2.24) is 0 Å². The minimum absolute atomic E-state index is 0.285. The number of carbonyl (C=O) groups excluding carboxylic acids is 1. The van der Waals surface area contributed by atoms with Crippen LogP contribution in [0.1, 0.15) is 15.9 Å². The van der Waals surface area contributed by atoms with Gasteiger partial charge in [0.2, 0.25) is 0 Å². The number of rotatable bonds is 7. The topological polar surface area (TPSA) is 56.8 Å². The standard InChI is InChI=1S/C19H20ClNO4/c1-5-6-12-9-13(10-17(24-3)18(12)25-4)19(22)21-14-7-8-16(23-2)15(20)11-14/h5,7-11H,1,6H2,2-4H3,(H,21,22). The second-order valence-electron chi connectivity index (χ2n) is 5.17. The number of allylic oxidation sites excluding steroid dienone is 1. The maximum absolute atomic E-state index is 12.6. The third kappa shape index (κ3) is 4.25. The highest BCUT2D eigenvalue weighted by Crippen LogP contribution is 2.34. The number of amides is 1. The SMILES string of the molecule is C=CCc1cc(C(=O)Nc2ccc(OC)c(Cl)c2)cc(OC)c1OC. The summed E-state index contributed by atoms with van der Waals surface area (Å²) >= 11 is 6.09. The minimum Gasteiger partial charge on any atom is -0.495 e. The molecule has 0 bridgehead atoms. The van der Waals surface area contributed by atoms with Crippen LogP contribution in [0.2, 0.25) is 5.02 Å². The van der Waals surface area contributed by atoms with Gasteiger partial charge in [-0.2, -0.15) is 0 Å². The number of anilines is 1. The number of carbonyl (C=O) groups is 1. The lowest BCUT2D eigenvalue weighted by atomic mass is 10.0. The molecule has 0 spiro atoms. The Kier molecular flexibility index (Phi) is 6.31. The molecule has 5 nitrogen and oxygen atoms in total. The summed E-state index contributed by atoms with van der Waals surface area (Å²) in [6, 6.07) is 8.42. The van der Waals surface area contributed by atoms with E-state index in [1.165, 1.54) is 14.2 Å². The fourth-order valence-electron chi connectivity index (χ4n) is 2.43. The summed E-state index contributed by atoms with van der Waals surface area (Å²) in [7, 11) is 4.62. The second-order valence-corrected chi connectivity index (χ2v) is 5.57. The summed E-state index contributed by atoms with van der Waals surface area (Å²) in [6.45, 7) is 3.73. The Bertz CT molecular complexity index is 789. The molecule has 6 heteroatoms. The van der Waals surface area contributed by atoms with Gasteiger partial charge in [-0.3, -0.25) is 4.79 Å². The van der Waals surface area contributed by atoms with Crippen molar-refractivity contribution in [3.63, 3.8) is 0 Å². The van der Waals surface area contributed by atoms with Gasteiger partial charge in [0.15, 0.2) is 11.5 Å². The van der Waals surface area contributed by atoms with Crippen molar-refractivity contribution in [1.29, 1.82) is 0 Å². The molecule has 0 aliphatic rings. The zero-order chi connectivity index (χ0) is 18.4. The molecule has 0 saturated heterocycles. The Balaban J connectivity index is 2.33. The van der Waals surface area contributed by atoms with Gasteiger partial charge >= 0.3 is 0 Å². The molecule has 1 N–H and O–H groups in total. The molecule has 0 aliphatic carbocycles. The molecule has 0 radical (unpaired) electrons. The first-order valence-electron chi connectivity index (χ1n) is 7.54. The lowest BCUT2D eigenvalue weighted by Crippen LogP contribution is -2.13. The number of methoxy groups -OCH3 is 3. The monoisotopic (exact) mass is 361 g/mol. The molecule has 2 aromatic rings. The van der Waals surface area contributed by atoms with Crippen LogP contribution in [-0.4, -0.2) is 27.2 Å². The van der Waals surface area contributed by atoms with Crippen molar-refractivity contribution in [2.75, 3.05) is 26.6 Å². The van der Waals surface area contributed by atoms with Crippen molar-refractivity contribution >= 4 is 23.2 Å². The predicted octanol–water partition coefficient (Wildman–Crippen LogP) is 4.35.